The summed E-state index contributed by atoms with van der Waals surface area (Å²) >= 11 is 0. The molecule has 5 rings (SSSR count). The van der Waals surface area contributed by atoms with Crippen molar-refractivity contribution in [1.82, 2.24) is 24.9 Å². The monoisotopic (exact) mass is 377 g/mol. The predicted octanol–water partition coefficient (Wildman–Crippen LogP) is 3.97. The number of benzene rings is 1. The molecule has 2 aliphatic rings. The molecule has 2 fully saturated rings. The molecule has 2 heterocycles. The molecule has 0 unspecified atom stereocenters. The summed E-state index contributed by atoms with van der Waals surface area (Å²) in [6.07, 6.45) is 7.94. The molecule has 0 aliphatic heterocycles. The van der Waals surface area contributed by atoms with Gasteiger partial charge in [0.15, 0.2) is 5.65 Å². The van der Waals surface area contributed by atoms with Gasteiger partial charge in [0.2, 0.25) is 5.91 Å². The third kappa shape index (κ3) is 2.86. The number of carbonyl (C=O) groups excluding carboxylic acids is 1. The van der Waals surface area contributed by atoms with Crippen molar-refractivity contribution in [3.8, 4) is 0 Å². The van der Waals surface area contributed by atoms with Gasteiger partial charge >= 0.3 is 0 Å². The Balaban J connectivity index is 1.58. The minimum atomic E-state index is 0.220. The second kappa shape index (κ2) is 6.83. The van der Waals surface area contributed by atoms with Crippen molar-refractivity contribution in [2.45, 2.75) is 71.4 Å². The second-order valence-electron chi connectivity index (χ2n) is 8.61. The Hall–Kier alpha value is -2.50. The molecule has 0 N–H and O–H groups in total. The maximum atomic E-state index is 13.2. The van der Waals surface area contributed by atoms with Crippen LogP contribution in [0.5, 0.6) is 0 Å². The fraction of sp³-hybridized carbons (Fsp3) is 0.545. The highest BCUT2D eigenvalue weighted by atomic mass is 16.2. The van der Waals surface area contributed by atoms with Crippen LogP contribution in [0.3, 0.4) is 0 Å². The van der Waals surface area contributed by atoms with E-state index in [0.29, 0.717) is 18.5 Å². The summed E-state index contributed by atoms with van der Waals surface area (Å²) in [6, 6.07) is 6.89. The molecular weight excluding hydrogens is 350 g/mol. The molecule has 2 aromatic heterocycles. The van der Waals surface area contributed by atoms with E-state index < -0.39 is 0 Å². The average Bonchev–Trinajstić information content (AvgIpc) is 3.31. The number of nitrogens with zero attached hydrogens (tertiary/aromatic N) is 5. The first-order chi connectivity index (χ1) is 13.6. The third-order valence-corrected chi connectivity index (χ3v) is 6.80. The molecule has 0 atom stereocenters. The Kier molecular flexibility index (Phi) is 4.29. The van der Waals surface area contributed by atoms with Gasteiger partial charge in [-0.05, 0) is 79.3 Å². The summed E-state index contributed by atoms with van der Waals surface area (Å²) in [5, 5.41) is 13.6. The number of carbonyl (C=O) groups is 1. The average molecular weight is 377 g/mol. The van der Waals surface area contributed by atoms with Gasteiger partial charge in [0.1, 0.15) is 0 Å². The molecule has 146 valence electrons. The van der Waals surface area contributed by atoms with Crippen LogP contribution in [0.15, 0.2) is 18.2 Å². The van der Waals surface area contributed by atoms with Crippen LogP contribution in [0, 0.1) is 19.8 Å². The summed E-state index contributed by atoms with van der Waals surface area (Å²) < 4.78 is 1.83. The first-order valence-corrected chi connectivity index (χ1v) is 10.5. The molecule has 1 amide bonds. The maximum Gasteiger partial charge on any atom is 0.226 e. The molecule has 0 saturated heterocycles. The molecule has 0 radical (unpaired) electrons. The van der Waals surface area contributed by atoms with Crippen LogP contribution in [0.25, 0.3) is 16.6 Å². The van der Waals surface area contributed by atoms with Gasteiger partial charge in [-0.3, -0.25) is 4.79 Å². The van der Waals surface area contributed by atoms with Crippen LogP contribution >= 0.6 is 0 Å². The van der Waals surface area contributed by atoms with Crippen molar-refractivity contribution >= 4 is 22.5 Å². The van der Waals surface area contributed by atoms with Gasteiger partial charge in [0.05, 0.1) is 5.52 Å². The molecule has 28 heavy (non-hydrogen) atoms. The van der Waals surface area contributed by atoms with E-state index in [-0.39, 0.29) is 5.92 Å². The van der Waals surface area contributed by atoms with E-state index in [2.05, 4.69) is 52.5 Å². The molecule has 6 nitrogen and oxygen atoms in total. The fourth-order valence-corrected chi connectivity index (χ4v) is 4.72. The molecule has 2 aliphatic carbocycles. The number of hydrogen-bond donors (Lipinski definition) is 0. The summed E-state index contributed by atoms with van der Waals surface area (Å²) in [5.41, 5.74) is 5.30. The first-order valence-electron chi connectivity index (χ1n) is 10.5. The fourth-order valence-electron chi connectivity index (χ4n) is 4.72. The van der Waals surface area contributed by atoms with Crippen molar-refractivity contribution < 1.29 is 4.79 Å². The van der Waals surface area contributed by atoms with Gasteiger partial charge in [-0.1, -0.05) is 19.3 Å². The Bertz CT molecular complexity index is 1050. The minimum absolute atomic E-state index is 0.220. The number of rotatable bonds is 4. The van der Waals surface area contributed by atoms with E-state index >= 15 is 0 Å². The quantitative estimate of drug-likeness (QED) is 0.690. The van der Waals surface area contributed by atoms with Gasteiger partial charge in [0.25, 0.3) is 0 Å². The Morgan fingerprint density at radius 1 is 1.07 bits per heavy atom. The van der Waals surface area contributed by atoms with Crippen LogP contribution in [-0.4, -0.2) is 36.9 Å². The number of fused-ring (bicyclic) bond motifs is 3. The van der Waals surface area contributed by atoms with Crippen LogP contribution in [0.1, 0.15) is 61.6 Å². The second-order valence-corrected chi connectivity index (χ2v) is 8.61. The van der Waals surface area contributed by atoms with Crippen LogP contribution in [0.4, 0.5) is 0 Å². The lowest BCUT2D eigenvalue weighted by Gasteiger charge is -2.35. The lowest BCUT2D eigenvalue weighted by atomic mass is 9.84. The largest absolute Gasteiger partial charge is 0.335 e. The minimum Gasteiger partial charge on any atom is -0.335 e. The molecule has 0 bridgehead atoms. The van der Waals surface area contributed by atoms with Gasteiger partial charge in [0, 0.05) is 29.5 Å². The zero-order chi connectivity index (χ0) is 19.3. The molecule has 3 aromatic rings. The first kappa shape index (κ1) is 17.6. The smallest absolute Gasteiger partial charge is 0.226 e. The zero-order valence-electron chi connectivity index (χ0n) is 16.7. The highest BCUT2D eigenvalue weighted by molar-refractivity contribution is 5.85. The molecule has 2 saturated carbocycles. The zero-order valence-corrected chi connectivity index (χ0v) is 16.7. The van der Waals surface area contributed by atoms with Gasteiger partial charge in [-0.25, -0.2) is 0 Å². The number of aromatic nitrogens is 4. The van der Waals surface area contributed by atoms with Crippen molar-refractivity contribution in [2.24, 2.45) is 5.92 Å². The van der Waals surface area contributed by atoms with Crippen molar-refractivity contribution in [3.05, 3.63) is 34.9 Å². The molecule has 6 heteroatoms. The number of amides is 1. The van der Waals surface area contributed by atoms with E-state index in [1.807, 2.05) is 4.52 Å². The highest BCUT2D eigenvalue weighted by Crippen LogP contribution is 2.34. The Morgan fingerprint density at radius 3 is 2.54 bits per heavy atom. The van der Waals surface area contributed by atoms with E-state index in [1.54, 1.807) is 0 Å². The lowest BCUT2D eigenvalue weighted by molar-refractivity contribution is -0.141. The lowest BCUT2D eigenvalue weighted by Crippen LogP contribution is -2.43. The van der Waals surface area contributed by atoms with Gasteiger partial charge in [-0.15, -0.1) is 5.10 Å². The number of aryl methyl sites for hydroxylation is 2. The van der Waals surface area contributed by atoms with Gasteiger partial charge in [-0.2, -0.15) is 4.52 Å². The van der Waals surface area contributed by atoms with Crippen LogP contribution in [0.2, 0.25) is 0 Å². The third-order valence-electron chi connectivity index (χ3n) is 6.80. The number of tetrazole rings is 1. The van der Waals surface area contributed by atoms with E-state index in [1.165, 1.54) is 30.4 Å². The topological polar surface area (TPSA) is 63.4 Å². The van der Waals surface area contributed by atoms with E-state index in [9.17, 15) is 4.79 Å². The number of pyridine rings is 1. The summed E-state index contributed by atoms with van der Waals surface area (Å²) in [6.45, 7) is 4.84. The Labute approximate surface area is 164 Å². The van der Waals surface area contributed by atoms with Crippen molar-refractivity contribution in [1.29, 1.82) is 0 Å². The number of hydrogen-bond acceptors (Lipinski definition) is 4. The standard InChI is InChI=1S/C22H27N5O/c1-14-10-17-12-18(21-23-24-25-27(21)20(17)11-15(14)2)13-26(19-8-3-4-9-19)22(28)16-6-5-7-16/h10-12,16,19H,3-9,13H2,1-2H3. The Morgan fingerprint density at radius 2 is 1.82 bits per heavy atom. The molecule has 1 aromatic carbocycles. The normalized spacial score (nSPS) is 18.1. The summed E-state index contributed by atoms with van der Waals surface area (Å²) in [5.74, 6) is 0.557. The summed E-state index contributed by atoms with van der Waals surface area (Å²) in [4.78, 5) is 15.4. The SMILES string of the molecule is Cc1cc2cc(CN(C(=O)C3CCC3)C3CCCC3)c3nnnn3c2cc1C. The van der Waals surface area contributed by atoms with E-state index in [4.69, 9.17) is 0 Å². The van der Waals surface area contributed by atoms with Crippen LogP contribution in [-0.2, 0) is 11.3 Å². The predicted molar refractivity (Wildman–Crippen MR) is 108 cm³/mol. The maximum absolute atomic E-state index is 13.2. The molecular formula is C22H27N5O. The van der Waals surface area contributed by atoms with Crippen molar-refractivity contribution in [3.63, 3.8) is 0 Å². The van der Waals surface area contributed by atoms with Crippen molar-refractivity contribution in [2.75, 3.05) is 0 Å². The van der Waals surface area contributed by atoms with E-state index in [0.717, 1.165) is 47.8 Å². The van der Waals surface area contributed by atoms with Gasteiger partial charge < -0.3 is 4.90 Å². The molecule has 0 spiro atoms. The highest BCUT2D eigenvalue weighted by Gasteiger charge is 2.34. The van der Waals surface area contributed by atoms with Crippen LogP contribution < -0.4 is 0 Å². The summed E-state index contributed by atoms with van der Waals surface area (Å²) in [7, 11) is 0.